The molecule has 0 unspecified atom stereocenters. The average Bonchev–Trinajstić information content (AvgIpc) is 2.13. The van der Waals surface area contributed by atoms with Gasteiger partial charge < -0.3 is 0 Å². The lowest BCUT2D eigenvalue weighted by Gasteiger charge is -2.03. The molecule has 0 heteroatoms. The molecule has 0 spiro atoms. The van der Waals surface area contributed by atoms with Crippen molar-refractivity contribution in [2.24, 2.45) is 0 Å². The average molecular weight is 121 g/mol. The lowest BCUT2D eigenvalue weighted by molar-refractivity contribution is 0.824. The standard InChI is InChI=1S/C9H13/c1-2-9-7-5-3-4-6-8-9/h3-5,7H,2,6,8H2,1H3. The van der Waals surface area contributed by atoms with Crippen molar-refractivity contribution in [2.45, 2.75) is 26.2 Å². The zero-order valence-corrected chi connectivity index (χ0v) is 5.93. The fourth-order valence-electron chi connectivity index (χ4n) is 1.01. The first-order valence-electron chi connectivity index (χ1n) is 3.61. The summed E-state index contributed by atoms with van der Waals surface area (Å²) < 4.78 is 0. The van der Waals surface area contributed by atoms with Crippen LogP contribution in [-0.2, 0) is 0 Å². The van der Waals surface area contributed by atoms with Crippen molar-refractivity contribution >= 4 is 0 Å². The van der Waals surface area contributed by atoms with E-state index in [0.717, 1.165) is 0 Å². The Labute approximate surface area is 57.3 Å². The summed E-state index contributed by atoms with van der Waals surface area (Å²) in [5.74, 6) is 1.57. The second-order valence-corrected chi connectivity index (χ2v) is 2.34. The van der Waals surface area contributed by atoms with Gasteiger partial charge in [-0.1, -0.05) is 31.2 Å². The molecule has 1 radical (unpaired) electrons. The first-order chi connectivity index (χ1) is 4.43. The van der Waals surface area contributed by atoms with Gasteiger partial charge in [-0.2, -0.15) is 0 Å². The van der Waals surface area contributed by atoms with E-state index in [9.17, 15) is 0 Å². The zero-order valence-electron chi connectivity index (χ0n) is 5.93. The molecule has 0 fully saturated rings. The Morgan fingerprint density at radius 2 is 2.33 bits per heavy atom. The van der Waals surface area contributed by atoms with Gasteiger partial charge in [-0.15, -0.1) is 0 Å². The Morgan fingerprint density at radius 1 is 1.44 bits per heavy atom. The molecule has 0 aliphatic heterocycles. The van der Waals surface area contributed by atoms with Crippen molar-refractivity contribution < 1.29 is 0 Å². The Kier molecular flexibility index (Phi) is 2.56. The quantitative estimate of drug-likeness (QED) is 0.500. The summed E-state index contributed by atoms with van der Waals surface area (Å²) >= 11 is 0. The molecule has 0 aromatic rings. The summed E-state index contributed by atoms with van der Waals surface area (Å²) in [7, 11) is 0. The van der Waals surface area contributed by atoms with E-state index < -0.39 is 0 Å². The molecule has 0 aromatic heterocycles. The Bertz CT molecular complexity index is 120. The zero-order chi connectivity index (χ0) is 6.53. The lowest BCUT2D eigenvalue weighted by Crippen LogP contribution is -1.87. The molecule has 0 nitrogen and oxygen atoms in total. The summed E-state index contributed by atoms with van der Waals surface area (Å²) in [6.07, 6.45) is 12.4. The summed E-state index contributed by atoms with van der Waals surface area (Å²) in [4.78, 5) is 0. The highest BCUT2D eigenvalue weighted by Gasteiger charge is 2.00. The SMILES string of the molecule is CC[C]1C=CC=CCC1. The van der Waals surface area contributed by atoms with Gasteiger partial charge in [0.05, 0.1) is 0 Å². The predicted molar refractivity (Wildman–Crippen MR) is 41.0 cm³/mol. The van der Waals surface area contributed by atoms with Crippen molar-refractivity contribution in [3.63, 3.8) is 0 Å². The van der Waals surface area contributed by atoms with Gasteiger partial charge in [-0.05, 0) is 25.2 Å². The molecule has 1 aliphatic carbocycles. The molecule has 0 atom stereocenters. The van der Waals surface area contributed by atoms with E-state index in [2.05, 4.69) is 31.2 Å². The maximum Gasteiger partial charge on any atom is -0.00238 e. The first-order valence-corrected chi connectivity index (χ1v) is 3.61. The molecule has 0 N–H and O–H groups in total. The third kappa shape index (κ3) is 2.05. The van der Waals surface area contributed by atoms with Crippen molar-refractivity contribution in [3.05, 3.63) is 30.2 Å². The monoisotopic (exact) mass is 121 g/mol. The third-order valence-corrected chi connectivity index (χ3v) is 1.67. The van der Waals surface area contributed by atoms with E-state index in [1.807, 2.05) is 0 Å². The minimum atomic E-state index is 1.21. The summed E-state index contributed by atoms with van der Waals surface area (Å²) in [6, 6.07) is 0. The number of hydrogen-bond acceptors (Lipinski definition) is 0. The van der Waals surface area contributed by atoms with Crippen LogP contribution in [0, 0.1) is 5.92 Å². The van der Waals surface area contributed by atoms with Crippen molar-refractivity contribution in [3.8, 4) is 0 Å². The molecule has 0 amide bonds. The van der Waals surface area contributed by atoms with Crippen LogP contribution >= 0.6 is 0 Å². The van der Waals surface area contributed by atoms with Crippen molar-refractivity contribution in [2.75, 3.05) is 0 Å². The van der Waals surface area contributed by atoms with Crippen LogP contribution in [-0.4, -0.2) is 0 Å². The van der Waals surface area contributed by atoms with E-state index in [-0.39, 0.29) is 0 Å². The lowest BCUT2D eigenvalue weighted by atomic mass is 10.0. The van der Waals surface area contributed by atoms with E-state index in [4.69, 9.17) is 0 Å². The minimum Gasteiger partial charge on any atom is -0.0845 e. The normalized spacial score (nSPS) is 20.1. The van der Waals surface area contributed by atoms with Crippen LogP contribution < -0.4 is 0 Å². The Hall–Kier alpha value is -0.520. The Morgan fingerprint density at radius 3 is 3.11 bits per heavy atom. The van der Waals surface area contributed by atoms with E-state index in [1.54, 1.807) is 5.92 Å². The second kappa shape index (κ2) is 3.49. The molecule has 49 valence electrons. The van der Waals surface area contributed by atoms with Crippen molar-refractivity contribution in [1.29, 1.82) is 0 Å². The van der Waals surface area contributed by atoms with E-state index in [1.165, 1.54) is 19.3 Å². The van der Waals surface area contributed by atoms with Crippen LogP contribution in [0.5, 0.6) is 0 Å². The first kappa shape index (κ1) is 6.60. The van der Waals surface area contributed by atoms with Gasteiger partial charge >= 0.3 is 0 Å². The maximum absolute atomic E-state index is 2.23. The van der Waals surface area contributed by atoms with Crippen molar-refractivity contribution in [1.82, 2.24) is 0 Å². The maximum atomic E-state index is 2.23. The number of hydrogen-bond donors (Lipinski definition) is 0. The van der Waals surface area contributed by atoms with Gasteiger partial charge in [0.2, 0.25) is 0 Å². The van der Waals surface area contributed by atoms with Gasteiger partial charge in [0.1, 0.15) is 0 Å². The molecule has 0 saturated heterocycles. The Balaban J connectivity index is 2.41. The molecular weight excluding hydrogens is 108 g/mol. The molecule has 9 heavy (non-hydrogen) atoms. The highest BCUT2D eigenvalue weighted by molar-refractivity contribution is 5.18. The van der Waals surface area contributed by atoms with Crippen LogP contribution in [0.3, 0.4) is 0 Å². The molecule has 0 heterocycles. The highest BCUT2D eigenvalue weighted by atomic mass is 14.1. The van der Waals surface area contributed by atoms with E-state index in [0.29, 0.717) is 0 Å². The van der Waals surface area contributed by atoms with Crippen LogP contribution in [0.4, 0.5) is 0 Å². The topological polar surface area (TPSA) is 0 Å². The van der Waals surface area contributed by atoms with Gasteiger partial charge in [0, 0.05) is 0 Å². The van der Waals surface area contributed by atoms with Gasteiger partial charge in [-0.25, -0.2) is 0 Å². The van der Waals surface area contributed by atoms with Gasteiger partial charge in [0.15, 0.2) is 0 Å². The number of allylic oxidation sites excluding steroid dienone is 4. The van der Waals surface area contributed by atoms with Crippen LogP contribution in [0.25, 0.3) is 0 Å². The molecule has 0 saturated carbocycles. The minimum absolute atomic E-state index is 1.21. The van der Waals surface area contributed by atoms with Crippen LogP contribution in [0.2, 0.25) is 0 Å². The summed E-state index contributed by atoms with van der Waals surface area (Å²) in [5, 5.41) is 0. The highest BCUT2D eigenvalue weighted by Crippen LogP contribution is 2.17. The smallest absolute Gasteiger partial charge is 0.00238 e. The van der Waals surface area contributed by atoms with Gasteiger partial charge in [-0.3, -0.25) is 0 Å². The number of rotatable bonds is 1. The fraction of sp³-hybridized carbons (Fsp3) is 0.444. The molecular formula is C9H13. The molecule has 1 rings (SSSR count). The van der Waals surface area contributed by atoms with Crippen LogP contribution in [0.15, 0.2) is 24.3 Å². The molecule has 1 aliphatic rings. The van der Waals surface area contributed by atoms with Gasteiger partial charge in [0.25, 0.3) is 0 Å². The summed E-state index contributed by atoms with van der Waals surface area (Å²) in [6.45, 7) is 2.21. The summed E-state index contributed by atoms with van der Waals surface area (Å²) in [5.41, 5.74) is 0. The molecule has 0 bridgehead atoms. The predicted octanol–water partition coefficient (Wildman–Crippen LogP) is 2.88. The second-order valence-electron chi connectivity index (χ2n) is 2.34. The fourth-order valence-corrected chi connectivity index (χ4v) is 1.01. The van der Waals surface area contributed by atoms with Crippen LogP contribution in [0.1, 0.15) is 26.2 Å². The third-order valence-electron chi connectivity index (χ3n) is 1.67. The van der Waals surface area contributed by atoms with E-state index >= 15 is 0 Å². The molecule has 0 aromatic carbocycles. The largest absolute Gasteiger partial charge is 0.0845 e.